The maximum absolute atomic E-state index is 10.6. The average molecular weight is 172 g/mol. The van der Waals surface area contributed by atoms with Crippen molar-refractivity contribution in [3.05, 3.63) is 0 Å². The Hall–Kier alpha value is -0.570. The first-order valence-electron chi connectivity index (χ1n) is 4.16. The highest BCUT2D eigenvalue weighted by Crippen LogP contribution is 2.25. The van der Waals surface area contributed by atoms with E-state index in [9.17, 15) is 4.79 Å². The Morgan fingerprint density at radius 2 is 1.67 bits per heavy atom. The fourth-order valence-corrected chi connectivity index (χ4v) is 0.879. The number of nitrogens with one attached hydrogen (secondary N) is 1. The van der Waals surface area contributed by atoms with Crippen molar-refractivity contribution in [2.75, 3.05) is 14.1 Å². The van der Waals surface area contributed by atoms with Crippen molar-refractivity contribution in [2.24, 2.45) is 0 Å². The summed E-state index contributed by atoms with van der Waals surface area (Å²) in [6, 6.07) is 0. The zero-order valence-electron chi connectivity index (χ0n) is 8.93. The van der Waals surface area contributed by atoms with Crippen LogP contribution in [0.2, 0.25) is 0 Å². The number of amides is 1. The molecule has 1 amide bonds. The van der Waals surface area contributed by atoms with Gasteiger partial charge in [0.2, 0.25) is 6.41 Å². The Labute approximate surface area is 75.1 Å². The van der Waals surface area contributed by atoms with E-state index in [1.165, 1.54) is 0 Å². The van der Waals surface area contributed by atoms with Crippen molar-refractivity contribution < 1.29 is 4.79 Å². The molecule has 0 radical (unpaired) electrons. The van der Waals surface area contributed by atoms with Crippen LogP contribution in [0.1, 0.15) is 27.7 Å². The molecule has 0 aromatic rings. The van der Waals surface area contributed by atoms with E-state index in [-0.39, 0.29) is 11.1 Å². The van der Waals surface area contributed by atoms with Crippen LogP contribution in [0.3, 0.4) is 0 Å². The van der Waals surface area contributed by atoms with E-state index in [1.54, 1.807) is 11.9 Å². The molecular weight excluding hydrogens is 152 g/mol. The van der Waals surface area contributed by atoms with Crippen molar-refractivity contribution in [1.29, 1.82) is 0 Å². The van der Waals surface area contributed by atoms with E-state index >= 15 is 0 Å². The van der Waals surface area contributed by atoms with Crippen molar-refractivity contribution in [2.45, 2.75) is 38.8 Å². The predicted octanol–water partition coefficient (Wildman–Crippen LogP) is 0.851. The molecule has 1 N–H and O–H groups in total. The fraction of sp³-hybridized carbons (Fsp3) is 0.889. The lowest BCUT2D eigenvalue weighted by Gasteiger charge is -2.46. The van der Waals surface area contributed by atoms with Crippen LogP contribution in [-0.4, -0.2) is 36.5 Å². The van der Waals surface area contributed by atoms with Crippen molar-refractivity contribution in [3.63, 3.8) is 0 Å². The molecule has 0 heterocycles. The minimum absolute atomic E-state index is 0.0946. The van der Waals surface area contributed by atoms with Gasteiger partial charge in [0.15, 0.2) is 0 Å². The molecule has 0 aliphatic rings. The molecule has 0 bridgehead atoms. The van der Waals surface area contributed by atoms with Gasteiger partial charge in [-0.25, -0.2) is 0 Å². The molecule has 0 saturated heterocycles. The summed E-state index contributed by atoms with van der Waals surface area (Å²) < 4.78 is 0. The van der Waals surface area contributed by atoms with E-state index in [2.05, 4.69) is 19.2 Å². The van der Waals surface area contributed by atoms with E-state index in [4.69, 9.17) is 0 Å². The van der Waals surface area contributed by atoms with Gasteiger partial charge in [0.05, 0.1) is 5.54 Å². The second-order valence-corrected chi connectivity index (χ2v) is 4.15. The summed E-state index contributed by atoms with van der Waals surface area (Å²) in [5.41, 5.74) is -0.286. The van der Waals surface area contributed by atoms with Crippen LogP contribution in [0.5, 0.6) is 0 Å². The normalized spacial score (nSPS) is 12.8. The maximum Gasteiger partial charge on any atom is 0.209 e. The van der Waals surface area contributed by atoms with E-state index in [0.717, 1.165) is 6.41 Å². The Bertz CT molecular complexity index is 164. The van der Waals surface area contributed by atoms with Crippen LogP contribution >= 0.6 is 0 Å². The molecule has 0 atom stereocenters. The van der Waals surface area contributed by atoms with E-state index < -0.39 is 0 Å². The number of carbonyl (C=O) groups is 1. The molecular formula is C9H20N2O. The van der Waals surface area contributed by atoms with Crippen LogP contribution < -0.4 is 5.32 Å². The number of carbonyl (C=O) groups excluding carboxylic acids is 1. The Morgan fingerprint density at radius 1 is 1.25 bits per heavy atom. The number of nitrogens with zero attached hydrogens (tertiary/aromatic N) is 1. The summed E-state index contributed by atoms with van der Waals surface area (Å²) in [6.07, 6.45) is 0.860. The highest BCUT2D eigenvalue weighted by Gasteiger charge is 2.38. The van der Waals surface area contributed by atoms with E-state index in [0.29, 0.717) is 0 Å². The monoisotopic (exact) mass is 172 g/mol. The molecule has 3 heteroatoms. The second kappa shape index (κ2) is 3.44. The van der Waals surface area contributed by atoms with Gasteiger partial charge in [-0.3, -0.25) is 4.79 Å². The lowest BCUT2D eigenvalue weighted by Crippen LogP contribution is -2.62. The van der Waals surface area contributed by atoms with Gasteiger partial charge >= 0.3 is 0 Å². The van der Waals surface area contributed by atoms with Crippen LogP contribution in [0, 0.1) is 0 Å². The van der Waals surface area contributed by atoms with Crippen molar-refractivity contribution in [3.8, 4) is 0 Å². The topological polar surface area (TPSA) is 32.3 Å². The summed E-state index contributed by atoms with van der Waals surface area (Å²) >= 11 is 0. The van der Waals surface area contributed by atoms with E-state index in [1.807, 2.05) is 20.9 Å². The first-order valence-corrected chi connectivity index (χ1v) is 4.16. The molecule has 0 fully saturated rings. The highest BCUT2D eigenvalue weighted by atomic mass is 16.1. The average Bonchev–Trinajstić information content (AvgIpc) is 2.02. The van der Waals surface area contributed by atoms with Gasteiger partial charge in [0.1, 0.15) is 0 Å². The van der Waals surface area contributed by atoms with Gasteiger partial charge in [-0.15, -0.1) is 0 Å². The Balaban J connectivity index is 4.69. The molecule has 72 valence electrons. The van der Waals surface area contributed by atoms with Crippen molar-refractivity contribution >= 4 is 6.41 Å². The summed E-state index contributed by atoms with van der Waals surface area (Å²) in [6.45, 7) is 8.23. The molecule has 0 aliphatic heterocycles. The third kappa shape index (κ3) is 1.78. The third-order valence-electron chi connectivity index (χ3n) is 3.19. The van der Waals surface area contributed by atoms with Crippen LogP contribution in [0.4, 0.5) is 0 Å². The zero-order valence-corrected chi connectivity index (χ0v) is 8.93. The van der Waals surface area contributed by atoms with Gasteiger partial charge in [0.25, 0.3) is 0 Å². The van der Waals surface area contributed by atoms with Gasteiger partial charge in [0, 0.05) is 12.6 Å². The summed E-state index contributed by atoms with van der Waals surface area (Å²) in [5, 5.41) is 3.20. The molecule has 0 aromatic carbocycles. The van der Waals surface area contributed by atoms with Crippen molar-refractivity contribution in [1.82, 2.24) is 10.2 Å². The highest BCUT2D eigenvalue weighted by molar-refractivity contribution is 5.48. The SMILES string of the molecule is CNC(C)(C)C(C)(C)N(C)C=O. The zero-order chi connectivity index (χ0) is 9.99. The number of likely N-dealkylation sites (N-methyl/N-ethyl adjacent to an activating group) is 2. The number of hydrogen-bond donors (Lipinski definition) is 1. The number of rotatable bonds is 4. The minimum Gasteiger partial charge on any atom is -0.341 e. The van der Waals surface area contributed by atoms with Gasteiger partial charge < -0.3 is 10.2 Å². The van der Waals surface area contributed by atoms with Crippen LogP contribution in [0.25, 0.3) is 0 Å². The van der Waals surface area contributed by atoms with Gasteiger partial charge in [-0.1, -0.05) is 0 Å². The molecule has 0 spiro atoms. The molecule has 0 aromatic heterocycles. The first-order chi connectivity index (χ1) is 5.29. The number of hydrogen-bond acceptors (Lipinski definition) is 2. The predicted molar refractivity (Wildman–Crippen MR) is 51.0 cm³/mol. The lowest BCUT2D eigenvalue weighted by molar-refractivity contribution is -0.123. The lowest BCUT2D eigenvalue weighted by atomic mass is 9.82. The fourth-order valence-electron chi connectivity index (χ4n) is 0.879. The standard InChI is InChI=1S/C9H20N2O/c1-8(2,10-5)9(3,4)11(6)7-12/h7,10H,1-6H3. The molecule has 3 nitrogen and oxygen atoms in total. The Morgan fingerprint density at radius 3 is 1.92 bits per heavy atom. The largest absolute Gasteiger partial charge is 0.341 e. The quantitative estimate of drug-likeness (QED) is 0.638. The molecule has 0 aliphatic carbocycles. The molecule has 0 saturated carbocycles. The van der Waals surface area contributed by atoms with Crippen LogP contribution in [-0.2, 0) is 4.79 Å². The minimum atomic E-state index is -0.191. The summed E-state index contributed by atoms with van der Waals surface area (Å²) in [5.74, 6) is 0. The molecule has 0 rings (SSSR count). The summed E-state index contributed by atoms with van der Waals surface area (Å²) in [4.78, 5) is 12.3. The first kappa shape index (κ1) is 11.4. The van der Waals surface area contributed by atoms with Crippen LogP contribution in [0.15, 0.2) is 0 Å². The molecule has 0 unspecified atom stereocenters. The molecule has 12 heavy (non-hydrogen) atoms. The van der Waals surface area contributed by atoms with Gasteiger partial charge in [-0.05, 0) is 34.7 Å². The second-order valence-electron chi connectivity index (χ2n) is 4.15. The Kier molecular flexibility index (Phi) is 3.27. The van der Waals surface area contributed by atoms with Gasteiger partial charge in [-0.2, -0.15) is 0 Å². The smallest absolute Gasteiger partial charge is 0.209 e. The summed E-state index contributed by atoms with van der Waals surface area (Å²) in [7, 11) is 3.70. The maximum atomic E-state index is 10.6. The third-order valence-corrected chi connectivity index (χ3v) is 3.19.